The first-order valence-electron chi connectivity index (χ1n) is 6.43. The van der Waals surface area contributed by atoms with Crippen LogP contribution < -0.4 is 10.6 Å². The van der Waals surface area contributed by atoms with E-state index in [1.165, 1.54) is 0 Å². The number of urea groups is 1. The number of rotatable bonds is 6. The van der Waals surface area contributed by atoms with Gasteiger partial charge in [0.15, 0.2) is 0 Å². The normalized spacial score (nSPS) is 23.4. The average Bonchev–Trinajstić information content (AvgIpc) is 2.31. The Morgan fingerprint density at radius 2 is 2.17 bits per heavy atom. The van der Waals surface area contributed by atoms with Crippen molar-refractivity contribution in [1.82, 2.24) is 10.6 Å². The Labute approximate surface area is 107 Å². The first kappa shape index (κ1) is 14.8. The fourth-order valence-electron chi connectivity index (χ4n) is 1.92. The van der Waals surface area contributed by atoms with E-state index < -0.39 is 5.97 Å². The maximum atomic E-state index is 11.6. The number of ether oxygens (including phenoxy) is 1. The molecule has 2 unspecified atom stereocenters. The molecule has 1 saturated heterocycles. The van der Waals surface area contributed by atoms with Crippen LogP contribution in [0.2, 0.25) is 0 Å². The highest BCUT2D eigenvalue weighted by molar-refractivity contribution is 5.74. The van der Waals surface area contributed by atoms with Crippen LogP contribution in [-0.4, -0.2) is 42.9 Å². The Morgan fingerprint density at radius 1 is 1.39 bits per heavy atom. The lowest BCUT2D eigenvalue weighted by Crippen LogP contribution is -2.48. The zero-order valence-corrected chi connectivity index (χ0v) is 10.8. The van der Waals surface area contributed by atoms with Crippen LogP contribution in [0.5, 0.6) is 0 Å². The number of aliphatic carboxylic acids is 1. The minimum absolute atomic E-state index is 0.153. The van der Waals surface area contributed by atoms with Gasteiger partial charge in [-0.15, -0.1) is 0 Å². The second-order valence-electron chi connectivity index (χ2n) is 4.70. The smallest absolute Gasteiger partial charge is 0.315 e. The molecule has 2 atom stereocenters. The molecule has 1 rings (SSSR count). The van der Waals surface area contributed by atoms with Gasteiger partial charge in [-0.2, -0.15) is 0 Å². The molecule has 2 amide bonds. The van der Waals surface area contributed by atoms with E-state index in [0.29, 0.717) is 38.5 Å². The number of nitrogens with one attached hydrogen (secondary N) is 2. The molecule has 0 aromatic heterocycles. The van der Waals surface area contributed by atoms with Crippen LogP contribution in [-0.2, 0) is 9.53 Å². The molecular formula is C12H22N2O4. The lowest BCUT2D eigenvalue weighted by molar-refractivity contribution is -0.137. The minimum Gasteiger partial charge on any atom is -0.481 e. The molecule has 104 valence electrons. The Morgan fingerprint density at radius 3 is 2.83 bits per heavy atom. The summed E-state index contributed by atoms with van der Waals surface area (Å²) in [6, 6.07) is -0.0122. The van der Waals surface area contributed by atoms with Gasteiger partial charge in [0, 0.05) is 25.6 Å². The van der Waals surface area contributed by atoms with Gasteiger partial charge >= 0.3 is 12.0 Å². The summed E-state index contributed by atoms with van der Waals surface area (Å²) < 4.78 is 5.30. The second-order valence-corrected chi connectivity index (χ2v) is 4.70. The van der Waals surface area contributed by atoms with Crippen molar-refractivity contribution >= 4 is 12.0 Å². The molecule has 0 aromatic carbocycles. The summed E-state index contributed by atoms with van der Waals surface area (Å²) in [6.45, 7) is 3.94. The van der Waals surface area contributed by atoms with Gasteiger partial charge in [0.2, 0.25) is 0 Å². The van der Waals surface area contributed by atoms with Crippen molar-refractivity contribution in [3.63, 3.8) is 0 Å². The van der Waals surface area contributed by atoms with Gasteiger partial charge in [-0.05, 0) is 25.2 Å². The first-order chi connectivity index (χ1) is 8.59. The predicted molar refractivity (Wildman–Crippen MR) is 66.4 cm³/mol. The molecule has 0 radical (unpaired) electrons. The predicted octanol–water partition coefficient (Wildman–Crippen LogP) is 0.965. The Hall–Kier alpha value is -1.30. The van der Waals surface area contributed by atoms with E-state index in [2.05, 4.69) is 17.6 Å². The van der Waals surface area contributed by atoms with Crippen molar-refractivity contribution < 1.29 is 19.4 Å². The summed E-state index contributed by atoms with van der Waals surface area (Å²) in [4.78, 5) is 21.9. The number of amides is 2. The lowest BCUT2D eigenvalue weighted by atomic mass is 9.98. The molecule has 1 aliphatic heterocycles. The largest absolute Gasteiger partial charge is 0.481 e. The molecule has 1 aliphatic rings. The molecule has 0 aromatic rings. The van der Waals surface area contributed by atoms with Crippen molar-refractivity contribution in [2.75, 3.05) is 19.8 Å². The summed E-state index contributed by atoms with van der Waals surface area (Å²) in [5.74, 6) is -0.466. The van der Waals surface area contributed by atoms with E-state index >= 15 is 0 Å². The number of hydrogen-bond acceptors (Lipinski definition) is 3. The van der Waals surface area contributed by atoms with Crippen LogP contribution in [0.1, 0.15) is 32.6 Å². The Balaban J connectivity index is 2.07. The summed E-state index contributed by atoms with van der Waals surface area (Å²) >= 11 is 0. The summed E-state index contributed by atoms with van der Waals surface area (Å²) in [5, 5.41) is 14.1. The van der Waals surface area contributed by atoms with Gasteiger partial charge in [-0.25, -0.2) is 4.79 Å². The standard InChI is InChI=1S/C12H22N2O4/c1-9-8-18-7-5-10(9)14-12(17)13-6-3-2-4-11(15)16/h9-10H,2-8H2,1H3,(H,15,16)(H2,13,14,17). The van der Waals surface area contributed by atoms with Crippen molar-refractivity contribution in [3.8, 4) is 0 Å². The molecule has 18 heavy (non-hydrogen) atoms. The van der Waals surface area contributed by atoms with E-state index in [1.54, 1.807) is 0 Å². The molecular weight excluding hydrogens is 236 g/mol. The number of hydrogen-bond donors (Lipinski definition) is 3. The third kappa shape index (κ3) is 5.86. The fourth-order valence-corrected chi connectivity index (χ4v) is 1.92. The molecule has 0 spiro atoms. The number of unbranched alkanes of at least 4 members (excludes halogenated alkanes) is 1. The zero-order chi connectivity index (χ0) is 13.4. The maximum Gasteiger partial charge on any atom is 0.315 e. The number of carboxylic acids is 1. The molecule has 6 heteroatoms. The van der Waals surface area contributed by atoms with Gasteiger partial charge in [-0.1, -0.05) is 6.92 Å². The van der Waals surface area contributed by atoms with Gasteiger partial charge in [0.25, 0.3) is 0 Å². The number of carbonyl (C=O) groups excluding carboxylic acids is 1. The topological polar surface area (TPSA) is 87.7 Å². The zero-order valence-electron chi connectivity index (χ0n) is 10.8. The maximum absolute atomic E-state index is 11.6. The Kier molecular flexibility index (Phi) is 6.49. The van der Waals surface area contributed by atoms with Crippen LogP contribution in [0.4, 0.5) is 4.79 Å². The highest BCUT2D eigenvalue weighted by atomic mass is 16.5. The minimum atomic E-state index is -0.796. The van der Waals surface area contributed by atoms with E-state index in [1.807, 2.05) is 0 Å². The van der Waals surface area contributed by atoms with E-state index in [4.69, 9.17) is 9.84 Å². The Bertz CT molecular complexity index is 283. The highest BCUT2D eigenvalue weighted by Gasteiger charge is 2.23. The average molecular weight is 258 g/mol. The van der Waals surface area contributed by atoms with E-state index in [0.717, 1.165) is 6.42 Å². The van der Waals surface area contributed by atoms with Gasteiger partial charge < -0.3 is 20.5 Å². The van der Waals surface area contributed by atoms with Gasteiger partial charge in [-0.3, -0.25) is 4.79 Å². The van der Waals surface area contributed by atoms with Crippen LogP contribution in [0.15, 0.2) is 0 Å². The molecule has 0 aliphatic carbocycles. The summed E-state index contributed by atoms with van der Waals surface area (Å²) in [6.07, 6.45) is 2.26. The molecule has 1 heterocycles. The summed E-state index contributed by atoms with van der Waals surface area (Å²) in [5.41, 5.74) is 0. The molecule has 6 nitrogen and oxygen atoms in total. The van der Waals surface area contributed by atoms with Gasteiger partial charge in [0.05, 0.1) is 6.61 Å². The van der Waals surface area contributed by atoms with Crippen LogP contribution in [0.3, 0.4) is 0 Å². The summed E-state index contributed by atoms with van der Waals surface area (Å²) in [7, 11) is 0. The molecule has 0 bridgehead atoms. The second kappa shape index (κ2) is 7.92. The molecule has 0 saturated carbocycles. The van der Waals surface area contributed by atoms with E-state index in [9.17, 15) is 9.59 Å². The first-order valence-corrected chi connectivity index (χ1v) is 6.43. The fraction of sp³-hybridized carbons (Fsp3) is 0.833. The third-order valence-electron chi connectivity index (χ3n) is 3.06. The van der Waals surface area contributed by atoms with Gasteiger partial charge in [0.1, 0.15) is 0 Å². The molecule has 1 fully saturated rings. The van der Waals surface area contributed by atoms with Crippen molar-refractivity contribution in [1.29, 1.82) is 0 Å². The van der Waals surface area contributed by atoms with Crippen LogP contribution >= 0.6 is 0 Å². The number of carboxylic acid groups (broad SMARTS) is 1. The SMILES string of the molecule is CC1COCCC1NC(=O)NCCCCC(=O)O. The lowest BCUT2D eigenvalue weighted by Gasteiger charge is -2.29. The van der Waals surface area contributed by atoms with Crippen molar-refractivity contribution in [2.45, 2.75) is 38.6 Å². The van der Waals surface area contributed by atoms with Crippen molar-refractivity contribution in [2.24, 2.45) is 5.92 Å². The third-order valence-corrected chi connectivity index (χ3v) is 3.06. The monoisotopic (exact) mass is 258 g/mol. The highest BCUT2D eigenvalue weighted by Crippen LogP contribution is 2.13. The van der Waals surface area contributed by atoms with Crippen molar-refractivity contribution in [3.05, 3.63) is 0 Å². The quantitative estimate of drug-likeness (QED) is 0.619. The van der Waals surface area contributed by atoms with E-state index in [-0.39, 0.29) is 18.5 Å². The van der Waals surface area contributed by atoms with Crippen LogP contribution in [0.25, 0.3) is 0 Å². The number of carbonyl (C=O) groups is 2. The molecule has 3 N–H and O–H groups in total. The van der Waals surface area contributed by atoms with Crippen LogP contribution in [0, 0.1) is 5.92 Å².